The third kappa shape index (κ3) is 2.73. The van der Waals surface area contributed by atoms with Crippen LogP contribution in [-0.4, -0.2) is 39.4 Å². The summed E-state index contributed by atoms with van der Waals surface area (Å²) >= 11 is 0. The van der Waals surface area contributed by atoms with Gasteiger partial charge in [-0.3, -0.25) is 0 Å². The van der Waals surface area contributed by atoms with Crippen LogP contribution in [0.25, 0.3) is 0 Å². The van der Waals surface area contributed by atoms with Gasteiger partial charge in [0.1, 0.15) is 5.60 Å². The lowest BCUT2D eigenvalue weighted by atomic mass is 9.88. The highest BCUT2D eigenvalue weighted by atomic mass is 16.6. The summed E-state index contributed by atoms with van der Waals surface area (Å²) in [6.45, 7) is 7.51. The zero-order valence-electron chi connectivity index (χ0n) is 11.2. The molecule has 0 radical (unpaired) electrons. The van der Waals surface area contributed by atoms with Gasteiger partial charge in [0.15, 0.2) is 0 Å². The van der Waals surface area contributed by atoms with Gasteiger partial charge in [-0.1, -0.05) is 0 Å². The van der Waals surface area contributed by atoms with Crippen molar-refractivity contribution in [2.75, 3.05) is 0 Å². The number of aliphatic hydroxyl groups is 1. The fourth-order valence-corrected chi connectivity index (χ4v) is 3.07. The predicted molar refractivity (Wildman–Crippen MR) is 64.7 cm³/mol. The first kappa shape index (κ1) is 12.7. The highest BCUT2D eigenvalue weighted by Gasteiger charge is 2.48. The number of ether oxygens (including phenoxy) is 1. The molecule has 0 spiro atoms. The minimum atomic E-state index is -0.621. The Morgan fingerprint density at radius 3 is 2.18 bits per heavy atom. The van der Waals surface area contributed by atoms with Crippen LogP contribution in [0, 0.1) is 0 Å². The maximum Gasteiger partial charge on any atom is 0.410 e. The molecule has 2 bridgehead atoms. The third-order valence-electron chi connectivity index (χ3n) is 3.57. The summed E-state index contributed by atoms with van der Waals surface area (Å²) in [4.78, 5) is 14.0. The molecule has 0 aromatic carbocycles. The van der Waals surface area contributed by atoms with Gasteiger partial charge in [0.25, 0.3) is 0 Å². The largest absolute Gasteiger partial charge is 0.444 e. The van der Waals surface area contributed by atoms with Crippen molar-refractivity contribution >= 4 is 6.09 Å². The topological polar surface area (TPSA) is 49.8 Å². The number of carbonyl (C=O) groups excluding carboxylic acids is 1. The Morgan fingerprint density at radius 2 is 1.76 bits per heavy atom. The molecule has 1 amide bonds. The maximum atomic E-state index is 12.1. The molecule has 1 N–H and O–H groups in total. The molecule has 0 unspecified atom stereocenters. The smallest absolute Gasteiger partial charge is 0.410 e. The Morgan fingerprint density at radius 1 is 1.29 bits per heavy atom. The molecular weight excluding hydrogens is 218 g/mol. The maximum absolute atomic E-state index is 12.1. The first-order valence-corrected chi connectivity index (χ1v) is 6.42. The van der Waals surface area contributed by atoms with E-state index in [4.69, 9.17) is 4.74 Å². The second-order valence-corrected chi connectivity index (χ2v) is 6.68. The number of hydrogen-bond donors (Lipinski definition) is 1. The Hall–Kier alpha value is -0.770. The van der Waals surface area contributed by atoms with Gasteiger partial charge in [-0.15, -0.1) is 0 Å². The lowest BCUT2D eigenvalue weighted by Crippen LogP contribution is -2.53. The number of amides is 1. The molecule has 0 aromatic heterocycles. The Bertz CT molecular complexity index is 303. The van der Waals surface area contributed by atoms with Crippen LogP contribution in [-0.2, 0) is 4.74 Å². The van der Waals surface area contributed by atoms with Gasteiger partial charge in [-0.05, 0) is 53.4 Å². The van der Waals surface area contributed by atoms with E-state index in [-0.39, 0.29) is 18.2 Å². The Balaban J connectivity index is 2.07. The SMILES string of the molecule is CC1(O)C[C@H]2CC[C@H](C1)N2C(=O)OC(C)(C)C. The monoisotopic (exact) mass is 241 g/mol. The second kappa shape index (κ2) is 3.87. The van der Waals surface area contributed by atoms with Crippen molar-refractivity contribution in [3.05, 3.63) is 0 Å². The van der Waals surface area contributed by atoms with Gasteiger partial charge in [0.2, 0.25) is 0 Å². The van der Waals surface area contributed by atoms with Crippen LogP contribution in [0.3, 0.4) is 0 Å². The van der Waals surface area contributed by atoms with Crippen molar-refractivity contribution in [1.29, 1.82) is 0 Å². The number of carbonyl (C=O) groups is 1. The van der Waals surface area contributed by atoms with E-state index in [1.54, 1.807) is 0 Å². The van der Waals surface area contributed by atoms with E-state index in [2.05, 4.69) is 0 Å². The lowest BCUT2D eigenvalue weighted by Gasteiger charge is -2.42. The molecule has 2 aliphatic heterocycles. The number of piperidine rings is 1. The van der Waals surface area contributed by atoms with Crippen LogP contribution in [0.15, 0.2) is 0 Å². The zero-order chi connectivity index (χ0) is 12.8. The van der Waals surface area contributed by atoms with Gasteiger partial charge in [-0.25, -0.2) is 4.79 Å². The molecule has 2 rings (SSSR count). The highest BCUT2D eigenvalue weighted by Crippen LogP contribution is 2.41. The standard InChI is InChI=1S/C13H23NO3/c1-12(2,3)17-11(15)14-9-5-6-10(14)8-13(4,16)7-9/h9-10,16H,5-8H2,1-4H3/t9-,10-/m1/s1. The van der Waals surface area contributed by atoms with E-state index < -0.39 is 11.2 Å². The van der Waals surface area contributed by atoms with Crippen molar-refractivity contribution in [3.63, 3.8) is 0 Å². The van der Waals surface area contributed by atoms with E-state index in [0.717, 1.165) is 12.8 Å². The minimum absolute atomic E-state index is 0.151. The van der Waals surface area contributed by atoms with Crippen LogP contribution in [0.5, 0.6) is 0 Å². The van der Waals surface area contributed by atoms with Crippen LogP contribution in [0.2, 0.25) is 0 Å². The van der Waals surface area contributed by atoms with E-state index in [1.165, 1.54) is 0 Å². The van der Waals surface area contributed by atoms with Crippen LogP contribution < -0.4 is 0 Å². The van der Waals surface area contributed by atoms with Crippen molar-refractivity contribution in [3.8, 4) is 0 Å². The van der Waals surface area contributed by atoms with E-state index >= 15 is 0 Å². The van der Waals surface area contributed by atoms with Crippen LogP contribution >= 0.6 is 0 Å². The predicted octanol–water partition coefficient (Wildman–Crippen LogP) is 2.30. The number of fused-ring (bicyclic) bond motifs is 2. The summed E-state index contributed by atoms with van der Waals surface area (Å²) in [5.74, 6) is 0. The molecule has 0 aromatic rings. The van der Waals surface area contributed by atoms with Crippen molar-refractivity contribution in [2.24, 2.45) is 0 Å². The number of nitrogens with zero attached hydrogens (tertiary/aromatic N) is 1. The molecule has 17 heavy (non-hydrogen) atoms. The van der Waals surface area contributed by atoms with E-state index in [1.807, 2.05) is 32.6 Å². The molecular formula is C13H23NO3. The van der Waals surface area contributed by atoms with Gasteiger partial charge in [0, 0.05) is 12.1 Å². The van der Waals surface area contributed by atoms with Crippen molar-refractivity contribution < 1.29 is 14.6 Å². The third-order valence-corrected chi connectivity index (χ3v) is 3.57. The minimum Gasteiger partial charge on any atom is -0.444 e. The Kier molecular flexibility index (Phi) is 2.89. The van der Waals surface area contributed by atoms with Gasteiger partial charge in [-0.2, -0.15) is 0 Å². The molecule has 2 fully saturated rings. The fourth-order valence-electron chi connectivity index (χ4n) is 3.07. The summed E-state index contributed by atoms with van der Waals surface area (Å²) in [5, 5.41) is 10.1. The van der Waals surface area contributed by atoms with Crippen molar-refractivity contribution in [2.45, 2.75) is 76.7 Å². The fraction of sp³-hybridized carbons (Fsp3) is 0.923. The first-order valence-electron chi connectivity index (χ1n) is 6.42. The summed E-state index contributed by atoms with van der Waals surface area (Å²) < 4.78 is 5.43. The van der Waals surface area contributed by atoms with Gasteiger partial charge < -0.3 is 14.7 Å². The van der Waals surface area contributed by atoms with E-state index in [0.29, 0.717) is 12.8 Å². The lowest BCUT2D eigenvalue weighted by molar-refractivity contribution is -0.0483. The zero-order valence-corrected chi connectivity index (χ0v) is 11.2. The van der Waals surface area contributed by atoms with Crippen LogP contribution in [0.1, 0.15) is 53.4 Å². The molecule has 2 heterocycles. The number of rotatable bonds is 0. The molecule has 0 aliphatic carbocycles. The molecule has 0 saturated carbocycles. The average molecular weight is 241 g/mol. The van der Waals surface area contributed by atoms with Gasteiger partial charge in [0.05, 0.1) is 5.60 Å². The summed E-state index contributed by atoms with van der Waals surface area (Å²) in [6, 6.07) is 0.303. The molecule has 2 atom stereocenters. The summed E-state index contributed by atoms with van der Waals surface area (Å²) in [7, 11) is 0. The highest BCUT2D eigenvalue weighted by molar-refractivity contribution is 5.69. The first-order chi connectivity index (χ1) is 7.68. The quantitative estimate of drug-likeness (QED) is 0.708. The molecule has 2 aliphatic rings. The van der Waals surface area contributed by atoms with Crippen molar-refractivity contribution in [1.82, 2.24) is 4.90 Å². The molecule has 98 valence electrons. The second-order valence-electron chi connectivity index (χ2n) is 6.68. The molecule has 4 nitrogen and oxygen atoms in total. The number of hydrogen-bond acceptors (Lipinski definition) is 3. The average Bonchev–Trinajstić information content (AvgIpc) is 2.35. The van der Waals surface area contributed by atoms with Crippen LogP contribution in [0.4, 0.5) is 4.79 Å². The molecule has 4 heteroatoms. The summed E-state index contributed by atoms with van der Waals surface area (Å²) in [6.07, 6.45) is 3.09. The Labute approximate surface area is 103 Å². The normalized spacial score (nSPS) is 37.1. The van der Waals surface area contributed by atoms with Gasteiger partial charge >= 0.3 is 6.09 Å². The van der Waals surface area contributed by atoms with E-state index in [9.17, 15) is 9.90 Å². The summed E-state index contributed by atoms with van der Waals surface area (Å²) in [5.41, 5.74) is -1.07. The molecule has 2 saturated heterocycles.